The number of para-hydroxylation sites is 2. The molecule has 3 aromatic rings. The van der Waals surface area contributed by atoms with Crippen molar-refractivity contribution in [1.82, 2.24) is 0 Å². The SMILES string of the molecule is COc1ccc([C@@H]2C3=C(CC(C)(C)CC3=O)Nc3ccccc3N2C(=O)Nc2ccc(F)cc2)cc1. The number of Topliss-reactive ketones (excluding diaryl/α,β-unsaturated/α-hetero) is 1. The normalized spacial score (nSPS) is 18.5. The monoisotopic (exact) mass is 485 g/mol. The molecule has 36 heavy (non-hydrogen) atoms. The maximum atomic E-state index is 13.9. The number of carbonyl (C=O) groups is 2. The van der Waals surface area contributed by atoms with Gasteiger partial charge in [0.1, 0.15) is 11.6 Å². The maximum absolute atomic E-state index is 13.9. The summed E-state index contributed by atoms with van der Waals surface area (Å²) in [7, 11) is 1.59. The lowest BCUT2D eigenvalue weighted by atomic mass is 9.73. The number of nitrogens with zero attached hydrogens (tertiary/aromatic N) is 1. The lowest BCUT2D eigenvalue weighted by Crippen LogP contribution is -2.41. The molecule has 0 saturated heterocycles. The summed E-state index contributed by atoms with van der Waals surface area (Å²) in [6.45, 7) is 4.16. The van der Waals surface area contributed by atoms with Gasteiger partial charge in [0.15, 0.2) is 5.78 Å². The Bertz CT molecular complexity index is 1350. The number of hydrogen-bond donors (Lipinski definition) is 2. The number of anilines is 3. The summed E-state index contributed by atoms with van der Waals surface area (Å²) >= 11 is 0. The van der Waals surface area contributed by atoms with Gasteiger partial charge in [-0.05, 0) is 65.9 Å². The third kappa shape index (κ3) is 4.44. The van der Waals surface area contributed by atoms with Gasteiger partial charge in [-0.15, -0.1) is 0 Å². The van der Waals surface area contributed by atoms with E-state index in [2.05, 4.69) is 24.5 Å². The van der Waals surface area contributed by atoms with Crippen LogP contribution in [0.2, 0.25) is 0 Å². The minimum Gasteiger partial charge on any atom is -0.497 e. The number of benzene rings is 3. The standard InChI is InChI=1S/C29H28FN3O3/c1-29(2)16-23-26(25(34)17-29)27(18-8-14-21(36-3)15-9-18)33(24-7-5-4-6-22(24)32-23)28(35)31-20-12-10-19(30)11-13-20/h4-15,27,32H,16-17H2,1-3H3,(H,31,35)/t27-/m1/s1. The zero-order valence-corrected chi connectivity index (χ0v) is 20.5. The molecular weight excluding hydrogens is 457 g/mol. The Morgan fingerprint density at radius 2 is 1.72 bits per heavy atom. The highest BCUT2D eigenvalue weighted by Gasteiger charge is 2.43. The third-order valence-electron chi connectivity index (χ3n) is 6.65. The molecule has 2 N–H and O–H groups in total. The first-order valence-electron chi connectivity index (χ1n) is 11.9. The predicted octanol–water partition coefficient (Wildman–Crippen LogP) is 6.68. The molecule has 0 unspecified atom stereocenters. The van der Waals surface area contributed by atoms with Gasteiger partial charge in [-0.3, -0.25) is 9.69 Å². The van der Waals surface area contributed by atoms with E-state index in [-0.39, 0.29) is 11.2 Å². The van der Waals surface area contributed by atoms with Crippen molar-refractivity contribution in [1.29, 1.82) is 0 Å². The Hall–Kier alpha value is -4.13. The van der Waals surface area contributed by atoms with E-state index in [1.165, 1.54) is 24.3 Å². The van der Waals surface area contributed by atoms with Crippen molar-refractivity contribution in [3.63, 3.8) is 0 Å². The lowest BCUT2D eigenvalue weighted by molar-refractivity contribution is -0.118. The van der Waals surface area contributed by atoms with E-state index < -0.39 is 17.9 Å². The van der Waals surface area contributed by atoms with E-state index in [0.717, 1.165) is 16.9 Å². The van der Waals surface area contributed by atoms with Gasteiger partial charge in [-0.25, -0.2) is 9.18 Å². The van der Waals surface area contributed by atoms with Gasteiger partial charge in [0.25, 0.3) is 0 Å². The largest absolute Gasteiger partial charge is 0.497 e. The van der Waals surface area contributed by atoms with Crippen LogP contribution >= 0.6 is 0 Å². The zero-order chi connectivity index (χ0) is 25.4. The number of urea groups is 1. The van der Waals surface area contributed by atoms with E-state index in [1.807, 2.05) is 48.5 Å². The molecule has 1 atom stereocenters. The van der Waals surface area contributed by atoms with Crippen LogP contribution in [0.3, 0.4) is 0 Å². The number of halogens is 1. The van der Waals surface area contributed by atoms with Crippen LogP contribution in [-0.4, -0.2) is 18.9 Å². The molecule has 5 rings (SSSR count). The second-order valence-corrected chi connectivity index (χ2v) is 9.96. The Morgan fingerprint density at radius 3 is 2.42 bits per heavy atom. The summed E-state index contributed by atoms with van der Waals surface area (Å²) in [5.41, 5.74) is 3.79. The summed E-state index contributed by atoms with van der Waals surface area (Å²) in [4.78, 5) is 29.2. The van der Waals surface area contributed by atoms with Crippen molar-refractivity contribution >= 4 is 28.9 Å². The van der Waals surface area contributed by atoms with E-state index in [0.29, 0.717) is 35.5 Å². The number of ketones is 1. The van der Waals surface area contributed by atoms with E-state index in [9.17, 15) is 14.0 Å². The van der Waals surface area contributed by atoms with Crippen molar-refractivity contribution in [3.05, 3.63) is 95.4 Å². The number of allylic oxidation sites excluding steroid dienone is 1. The van der Waals surface area contributed by atoms with Crippen LogP contribution in [-0.2, 0) is 4.79 Å². The predicted molar refractivity (Wildman–Crippen MR) is 139 cm³/mol. The molecule has 0 saturated carbocycles. The number of amides is 2. The van der Waals surface area contributed by atoms with Gasteiger partial charge in [-0.2, -0.15) is 0 Å². The number of nitrogens with one attached hydrogen (secondary N) is 2. The number of rotatable bonds is 3. The first kappa shape index (κ1) is 23.6. The first-order valence-corrected chi connectivity index (χ1v) is 11.9. The average molecular weight is 486 g/mol. The fourth-order valence-corrected chi connectivity index (χ4v) is 5.03. The summed E-state index contributed by atoms with van der Waals surface area (Å²) in [5.74, 6) is 0.291. The third-order valence-corrected chi connectivity index (χ3v) is 6.65. The van der Waals surface area contributed by atoms with Crippen LogP contribution < -0.4 is 20.3 Å². The van der Waals surface area contributed by atoms with Crippen LogP contribution in [0.15, 0.2) is 84.1 Å². The Labute approximate surface area is 209 Å². The molecule has 0 spiro atoms. The van der Waals surface area contributed by atoms with Gasteiger partial charge in [-0.1, -0.05) is 38.1 Å². The average Bonchev–Trinajstić information content (AvgIpc) is 2.99. The van der Waals surface area contributed by atoms with Crippen LogP contribution in [0, 0.1) is 11.2 Å². The molecule has 184 valence electrons. The molecule has 3 aromatic carbocycles. The van der Waals surface area contributed by atoms with Crippen molar-refractivity contribution in [2.45, 2.75) is 32.7 Å². The Kier molecular flexibility index (Phi) is 6.00. The maximum Gasteiger partial charge on any atom is 0.327 e. The first-order chi connectivity index (χ1) is 17.3. The fourth-order valence-electron chi connectivity index (χ4n) is 5.03. The van der Waals surface area contributed by atoms with E-state index >= 15 is 0 Å². The highest BCUT2D eigenvalue weighted by molar-refractivity contribution is 6.09. The highest BCUT2D eigenvalue weighted by Crippen LogP contribution is 2.48. The molecule has 7 heteroatoms. The molecule has 0 radical (unpaired) electrons. The van der Waals surface area contributed by atoms with Crippen LogP contribution in [0.4, 0.5) is 26.2 Å². The minimum atomic E-state index is -0.675. The molecule has 0 aromatic heterocycles. The summed E-state index contributed by atoms with van der Waals surface area (Å²) in [5, 5.41) is 6.38. The summed E-state index contributed by atoms with van der Waals surface area (Å²) in [6.07, 6.45) is 1.05. The minimum absolute atomic E-state index is 0.00181. The van der Waals surface area contributed by atoms with Crippen molar-refractivity contribution in [2.24, 2.45) is 5.41 Å². The van der Waals surface area contributed by atoms with Gasteiger partial charge >= 0.3 is 6.03 Å². The van der Waals surface area contributed by atoms with Gasteiger partial charge < -0.3 is 15.4 Å². The zero-order valence-electron chi connectivity index (χ0n) is 20.5. The number of carbonyl (C=O) groups excluding carboxylic acids is 2. The van der Waals surface area contributed by atoms with Crippen molar-refractivity contribution in [2.75, 3.05) is 22.6 Å². The van der Waals surface area contributed by atoms with Gasteiger partial charge in [0.05, 0.1) is 24.5 Å². The molecule has 1 heterocycles. The molecule has 0 bridgehead atoms. The smallest absolute Gasteiger partial charge is 0.327 e. The second kappa shape index (κ2) is 9.15. The quantitative estimate of drug-likeness (QED) is 0.434. The number of fused-ring (bicyclic) bond motifs is 1. The summed E-state index contributed by atoms with van der Waals surface area (Å²) in [6, 6.07) is 19.4. The molecule has 1 aliphatic heterocycles. The van der Waals surface area contributed by atoms with Crippen LogP contribution in [0.5, 0.6) is 5.75 Å². The highest BCUT2D eigenvalue weighted by atomic mass is 19.1. The molecule has 1 aliphatic carbocycles. The van der Waals surface area contributed by atoms with Crippen LogP contribution in [0.25, 0.3) is 0 Å². The molecule has 0 fully saturated rings. The van der Waals surface area contributed by atoms with Gasteiger partial charge in [0.2, 0.25) is 0 Å². The molecule has 6 nitrogen and oxygen atoms in total. The topological polar surface area (TPSA) is 70.7 Å². The molecule has 2 amide bonds. The lowest BCUT2D eigenvalue weighted by Gasteiger charge is -2.37. The van der Waals surface area contributed by atoms with Crippen LogP contribution in [0.1, 0.15) is 38.3 Å². The number of methoxy groups -OCH3 is 1. The number of ether oxygens (including phenoxy) is 1. The van der Waals surface area contributed by atoms with Gasteiger partial charge in [0, 0.05) is 23.4 Å². The van der Waals surface area contributed by atoms with Crippen molar-refractivity contribution in [3.8, 4) is 5.75 Å². The van der Waals surface area contributed by atoms with Crippen molar-refractivity contribution < 1.29 is 18.7 Å². The molecule has 2 aliphatic rings. The Balaban J connectivity index is 1.70. The summed E-state index contributed by atoms with van der Waals surface area (Å²) < 4.78 is 18.8. The Morgan fingerprint density at radius 1 is 1.03 bits per heavy atom. The molecular formula is C29H28FN3O3. The van der Waals surface area contributed by atoms with E-state index in [4.69, 9.17) is 4.74 Å². The number of hydrogen-bond acceptors (Lipinski definition) is 4. The van der Waals surface area contributed by atoms with E-state index in [1.54, 1.807) is 12.0 Å². The second-order valence-electron chi connectivity index (χ2n) is 9.96. The fraction of sp³-hybridized carbons (Fsp3) is 0.241.